The number of allylic oxidation sites excluding steroid dienone is 4. The minimum absolute atomic E-state index is 0.0139. The van der Waals surface area contributed by atoms with E-state index in [2.05, 4.69) is 10.1 Å². The molecule has 0 fully saturated rings. The highest BCUT2D eigenvalue weighted by Crippen LogP contribution is 2.34. The number of nitrogens with zero attached hydrogens (tertiary/aromatic N) is 2. The number of benzene rings is 2. The number of aliphatic carboxylic acids is 1. The third kappa shape index (κ3) is 5.87. The number of aryl methyl sites for hydroxylation is 1. The second-order valence-electron chi connectivity index (χ2n) is 8.72. The second kappa shape index (κ2) is 10.0. The Hall–Kier alpha value is -3.82. The molecule has 2 unspecified atom stereocenters. The number of alkyl halides is 4. The van der Waals surface area contributed by atoms with Gasteiger partial charge in [0.05, 0.1) is 17.1 Å². The Bertz CT molecular complexity index is 1310. The second-order valence-corrected chi connectivity index (χ2v) is 8.72. The summed E-state index contributed by atoms with van der Waals surface area (Å²) in [4.78, 5) is 15.7. The molecule has 4 rings (SSSR count). The van der Waals surface area contributed by atoms with E-state index in [1.54, 1.807) is 13.0 Å². The van der Waals surface area contributed by atoms with E-state index in [9.17, 15) is 22.4 Å². The topological polar surface area (TPSA) is 76.4 Å². The first-order valence-corrected chi connectivity index (χ1v) is 11.4. The zero-order valence-corrected chi connectivity index (χ0v) is 19.6. The van der Waals surface area contributed by atoms with Gasteiger partial charge in [-0.25, -0.2) is 9.37 Å². The molecule has 190 valence electrons. The van der Waals surface area contributed by atoms with Crippen molar-refractivity contribution in [2.45, 2.75) is 45.3 Å². The Morgan fingerprint density at radius 2 is 1.94 bits per heavy atom. The normalized spacial score (nSPS) is 18.7. The van der Waals surface area contributed by atoms with Crippen LogP contribution in [0, 0.1) is 5.92 Å². The van der Waals surface area contributed by atoms with Gasteiger partial charge in [-0.3, -0.25) is 4.79 Å². The number of fused-ring (bicyclic) bond motifs is 1. The van der Waals surface area contributed by atoms with Gasteiger partial charge in [0.1, 0.15) is 11.9 Å². The molecule has 0 spiro atoms. The number of anilines is 2. The lowest BCUT2D eigenvalue weighted by Gasteiger charge is -2.24. The summed E-state index contributed by atoms with van der Waals surface area (Å²) >= 11 is 0. The van der Waals surface area contributed by atoms with Crippen LogP contribution >= 0.6 is 0 Å². The molecule has 0 bridgehead atoms. The molecule has 0 saturated heterocycles. The van der Waals surface area contributed by atoms with Gasteiger partial charge in [-0.05, 0) is 67.0 Å². The number of ether oxygens (including phenoxy) is 1. The number of imidazole rings is 1. The average molecular weight is 503 g/mol. The molecule has 0 radical (unpaired) electrons. The smallest absolute Gasteiger partial charge is 0.481 e. The monoisotopic (exact) mass is 503 g/mol. The molecule has 1 aliphatic rings. The van der Waals surface area contributed by atoms with Crippen LogP contribution in [0.3, 0.4) is 0 Å². The maximum Gasteiger partial charge on any atom is 0.573 e. The van der Waals surface area contributed by atoms with Crippen molar-refractivity contribution in [1.29, 1.82) is 0 Å². The van der Waals surface area contributed by atoms with Gasteiger partial charge in [0.25, 0.3) is 0 Å². The van der Waals surface area contributed by atoms with Crippen LogP contribution in [0.4, 0.5) is 29.2 Å². The van der Waals surface area contributed by atoms with Crippen LogP contribution in [0.1, 0.15) is 31.9 Å². The first-order valence-electron chi connectivity index (χ1n) is 11.4. The molecule has 1 aromatic heterocycles. The van der Waals surface area contributed by atoms with Crippen molar-refractivity contribution in [3.63, 3.8) is 0 Å². The van der Waals surface area contributed by atoms with Gasteiger partial charge in [-0.15, -0.1) is 13.2 Å². The molecule has 1 heterocycles. The summed E-state index contributed by atoms with van der Waals surface area (Å²) < 4.78 is 57.3. The van der Waals surface area contributed by atoms with Crippen molar-refractivity contribution < 1.29 is 32.2 Å². The zero-order valence-electron chi connectivity index (χ0n) is 19.6. The van der Waals surface area contributed by atoms with Crippen molar-refractivity contribution in [2.75, 3.05) is 5.32 Å². The SMILES string of the molecule is CC1C=C([C@@H](C)n2c(Nc3ccc(OC(F)(F)F)cc3)nc3cc(CCC(=O)O)ccc32)C=CC1F. The van der Waals surface area contributed by atoms with Crippen LogP contribution < -0.4 is 10.1 Å². The summed E-state index contributed by atoms with van der Waals surface area (Å²) in [5, 5.41) is 12.2. The van der Waals surface area contributed by atoms with E-state index >= 15 is 0 Å². The number of carboxylic acids is 1. The summed E-state index contributed by atoms with van der Waals surface area (Å²) in [6, 6.07) is 10.6. The number of hydrogen-bond donors (Lipinski definition) is 2. The number of halogens is 4. The van der Waals surface area contributed by atoms with Crippen LogP contribution in [-0.4, -0.2) is 33.2 Å². The molecular formula is C26H25F4N3O3. The lowest BCUT2D eigenvalue weighted by Crippen LogP contribution is -2.17. The van der Waals surface area contributed by atoms with E-state index in [0.717, 1.165) is 16.7 Å². The molecule has 1 aliphatic carbocycles. The lowest BCUT2D eigenvalue weighted by atomic mass is 9.93. The number of aromatic nitrogens is 2. The Balaban J connectivity index is 1.71. The van der Waals surface area contributed by atoms with Gasteiger partial charge in [-0.2, -0.15) is 0 Å². The third-order valence-corrected chi connectivity index (χ3v) is 6.03. The average Bonchev–Trinajstić information content (AvgIpc) is 3.16. The van der Waals surface area contributed by atoms with Crippen LogP contribution in [0.5, 0.6) is 5.75 Å². The maximum atomic E-state index is 14.0. The van der Waals surface area contributed by atoms with E-state index < -0.39 is 18.5 Å². The molecule has 10 heteroatoms. The van der Waals surface area contributed by atoms with E-state index in [1.807, 2.05) is 35.8 Å². The van der Waals surface area contributed by atoms with Gasteiger partial charge in [-0.1, -0.05) is 25.1 Å². The minimum Gasteiger partial charge on any atom is -0.481 e. The van der Waals surface area contributed by atoms with Crippen LogP contribution in [-0.2, 0) is 11.2 Å². The van der Waals surface area contributed by atoms with Crippen LogP contribution in [0.2, 0.25) is 0 Å². The van der Waals surface area contributed by atoms with Crippen molar-refractivity contribution in [1.82, 2.24) is 9.55 Å². The highest BCUT2D eigenvalue weighted by molar-refractivity contribution is 5.81. The Morgan fingerprint density at radius 3 is 2.58 bits per heavy atom. The first kappa shape index (κ1) is 25.3. The van der Waals surface area contributed by atoms with E-state index in [1.165, 1.54) is 30.3 Å². The molecule has 3 aromatic rings. The zero-order chi connectivity index (χ0) is 26.0. The van der Waals surface area contributed by atoms with E-state index in [4.69, 9.17) is 10.1 Å². The summed E-state index contributed by atoms with van der Waals surface area (Å²) in [6.45, 7) is 3.75. The van der Waals surface area contributed by atoms with Crippen molar-refractivity contribution in [3.8, 4) is 5.75 Å². The molecule has 6 nitrogen and oxygen atoms in total. The summed E-state index contributed by atoms with van der Waals surface area (Å²) in [5.74, 6) is -1.10. The standard InChI is InChI=1S/C26H25F4N3O3/c1-15-13-18(5-10-21(15)27)16(2)33-23-11-3-17(4-12-24(34)35)14-22(23)32-25(33)31-19-6-8-20(9-7-19)36-26(28,29)30/h3,5-11,13-16,21H,4,12H2,1-2H3,(H,31,32)(H,34,35)/t15?,16-,21?/m1/s1. The molecule has 0 aliphatic heterocycles. The van der Waals surface area contributed by atoms with Gasteiger partial charge in [0.2, 0.25) is 5.95 Å². The third-order valence-electron chi connectivity index (χ3n) is 6.03. The van der Waals surface area contributed by atoms with Crippen LogP contribution in [0.25, 0.3) is 11.0 Å². The highest BCUT2D eigenvalue weighted by Gasteiger charge is 2.31. The minimum atomic E-state index is -4.78. The predicted octanol–water partition coefficient (Wildman–Crippen LogP) is 6.73. The van der Waals surface area contributed by atoms with Gasteiger partial charge in [0.15, 0.2) is 0 Å². The van der Waals surface area contributed by atoms with Crippen molar-refractivity contribution in [2.24, 2.45) is 5.92 Å². The Labute approximate surface area is 204 Å². The molecular weight excluding hydrogens is 478 g/mol. The summed E-state index contributed by atoms with van der Waals surface area (Å²) in [7, 11) is 0. The fraction of sp³-hybridized carbons (Fsp3) is 0.308. The molecule has 0 amide bonds. The predicted molar refractivity (Wildman–Crippen MR) is 128 cm³/mol. The maximum absolute atomic E-state index is 14.0. The van der Waals surface area contributed by atoms with Crippen molar-refractivity contribution in [3.05, 3.63) is 71.8 Å². The summed E-state index contributed by atoms with van der Waals surface area (Å²) in [6.07, 6.45) is -0.377. The number of carbonyl (C=O) groups is 1. The molecule has 2 N–H and O–H groups in total. The first-order chi connectivity index (χ1) is 17.0. The molecule has 2 aromatic carbocycles. The number of hydrogen-bond acceptors (Lipinski definition) is 4. The van der Waals surface area contributed by atoms with E-state index in [0.29, 0.717) is 23.6 Å². The highest BCUT2D eigenvalue weighted by atomic mass is 19.4. The van der Waals surface area contributed by atoms with Crippen LogP contribution in [0.15, 0.2) is 66.3 Å². The molecule has 3 atom stereocenters. The molecule has 0 saturated carbocycles. The lowest BCUT2D eigenvalue weighted by molar-refractivity contribution is -0.274. The Morgan fingerprint density at radius 1 is 1.22 bits per heavy atom. The fourth-order valence-corrected chi connectivity index (χ4v) is 4.16. The summed E-state index contributed by atoms with van der Waals surface area (Å²) in [5.41, 5.74) is 3.59. The van der Waals surface area contributed by atoms with Gasteiger partial charge in [0, 0.05) is 18.0 Å². The van der Waals surface area contributed by atoms with Crippen molar-refractivity contribution >= 4 is 28.6 Å². The Kier molecular flexibility index (Phi) is 7.05. The number of rotatable bonds is 8. The fourth-order valence-electron chi connectivity index (χ4n) is 4.16. The van der Waals surface area contributed by atoms with E-state index in [-0.39, 0.29) is 24.1 Å². The van der Waals surface area contributed by atoms with Gasteiger partial charge >= 0.3 is 12.3 Å². The number of carboxylic acid groups (broad SMARTS) is 1. The van der Waals surface area contributed by atoms with Gasteiger partial charge < -0.3 is 19.7 Å². The quantitative estimate of drug-likeness (QED) is 0.334. The molecule has 36 heavy (non-hydrogen) atoms. The number of nitrogens with one attached hydrogen (secondary N) is 1. The largest absolute Gasteiger partial charge is 0.573 e.